The second-order valence-corrected chi connectivity index (χ2v) is 5.68. The van der Waals surface area contributed by atoms with Crippen molar-refractivity contribution in [2.45, 2.75) is 13.0 Å². The SMILES string of the molecule is COc1cc(C(=O)NCCC(=O)NCc2ccccc2)cc(OC)c1OC. The van der Waals surface area contributed by atoms with Crippen molar-refractivity contribution < 1.29 is 23.8 Å². The summed E-state index contributed by atoms with van der Waals surface area (Å²) in [4.78, 5) is 24.2. The fraction of sp³-hybridized carbons (Fsp3) is 0.300. The minimum Gasteiger partial charge on any atom is -0.493 e. The fourth-order valence-electron chi connectivity index (χ4n) is 2.49. The number of carbonyl (C=O) groups excluding carboxylic acids is 2. The Bertz CT molecular complexity index is 752. The normalized spacial score (nSPS) is 10.0. The molecule has 144 valence electrons. The van der Waals surface area contributed by atoms with Crippen LogP contribution < -0.4 is 24.8 Å². The molecule has 0 spiro atoms. The smallest absolute Gasteiger partial charge is 0.251 e. The summed E-state index contributed by atoms with van der Waals surface area (Å²) in [6.07, 6.45) is 0.184. The average Bonchev–Trinajstić information content (AvgIpc) is 2.71. The Morgan fingerprint density at radius 1 is 0.889 bits per heavy atom. The lowest BCUT2D eigenvalue weighted by atomic mass is 10.1. The van der Waals surface area contributed by atoms with E-state index in [1.807, 2.05) is 30.3 Å². The van der Waals surface area contributed by atoms with Gasteiger partial charge in [0.05, 0.1) is 21.3 Å². The van der Waals surface area contributed by atoms with Crippen molar-refractivity contribution in [1.29, 1.82) is 0 Å². The predicted molar refractivity (Wildman–Crippen MR) is 101 cm³/mol. The van der Waals surface area contributed by atoms with Gasteiger partial charge in [0.25, 0.3) is 5.91 Å². The number of hydrogen-bond donors (Lipinski definition) is 2. The fourth-order valence-corrected chi connectivity index (χ4v) is 2.49. The molecule has 2 rings (SSSR count). The van der Waals surface area contributed by atoms with E-state index in [2.05, 4.69) is 10.6 Å². The Hall–Kier alpha value is -3.22. The molecule has 0 saturated carbocycles. The van der Waals surface area contributed by atoms with Crippen molar-refractivity contribution in [3.8, 4) is 17.2 Å². The number of hydrogen-bond acceptors (Lipinski definition) is 5. The topological polar surface area (TPSA) is 85.9 Å². The second-order valence-electron chi connectivity index (χ2n) is 5.68. The van der Waals surface area contributed by atoms with Crippen LogP contribution in [0.25, 0.3) is 0 Å². The molecule has 0 heterocycles. The molecule has 7 heteroatoms. The number of nitrogens with one attached hydrogen (secondary N) is 2. The van der Waals surface area contributed by atoms with Gasteiger partial charge in [-0.1, -0.05) is 30.3 Å². The first-order valence-corrected chi connectivity index (χ1v) is 8.47. The zero-order valence-corrected chi connectivity index (χ0v) is 15.7. The van der Waals surface area contributed by atoms with Gasteiger partial charge in [-0.2, -0.15) is 0 Å². The molecule has 0 unspecified atom stereocenters. The third-order valence-corrected chi connectivity index (χ3v) is 3.90. The molecule has 2 amide bonds. The maximum Gasteiger partial charge on any atom is 0.251 e. The molecule has 0 radical (unpaired) electrons. The third kappa shape index (κ3) is 5.64. The average molecular weight is 372 g/mol. The molecule has 0 bridgehead atoms. The monoisotopic (exact) mass is 372 g/mol. The van der Waals surface area contributed by atoms with E-state index >= 15 is 0 Å². The van der Waals surface area contributed by atoms with Gasteiger partial charge in [0.15, 0.2) is 11.5 Å². The first-order chi connectivity index (χ1) is 13.1. The number of amides is 2. The highest BCUT2D eigenvalue weighted by Crippen LogP contribution is 2.38. The molecule has 2 aromatic rings. The Morgan fingerprint density at radius 2 is 1.52 bits per heavy atom. The zero-order chi connectivity index (χ0) is 19.6. The van der Waals surface area contributed by atoms with Gasteiger partial charge in [0.1, 0.15) is 0 Å². The summed E-state index contributed by atoms with van der Waals surface area (Å²) in [6, 6.07) is 12.7. The second kappa shape index (κ2) is 10.1. The Kier molecular flexibility index (Phi) is 7.49. The number of ether oxygens (including phenoxy) is 3. The highest BCUT2D eigenvalue weighted by molar-refractivity contribution is 5.95. The summed E-state index contributed by atoms with van der Waals surface area (Å²) >= 11 is 0. The van der Waals surface area contributed by atoms with Crippen molar-refractivity contribution in [1.82, 2.24) is 10.6 Å². The van der Waals surface area contributed by atoms with Gasteiger partial charge >= 0.3 is 0 Å². The first-order valence-electron chi connectivity index (χ1n) is 8.47. The number of rotatable bonds is 9. The van der Waals surface area contributed by atoms with Crippen molar-refractivity contribution in [3.05, 3.63) is 53.6 Å². The van der Waals surface area contributed by atoms with Crippen LogP contribution in [-0.4, -0.2) is 39.7 Å². The van der Waals surface area contributed by atoms with E-state index in [1.54, 1.807) is 12.1 Å². The summed E-state index contributed by atoms with van der Waals surface area (Å²) in [5.41, 5.74) is 1.38. The first kappa shape index (κ1) is 20.1. The summed E-state index contributed by atoms with van der Waals surface area (Å²) in [7, 11) is 4.46. The lowest BCUT2D eigenvalue weighted by molar-refractivity contribution is -0.121. The van der Waals surface area contributed by atoms with Gasteiger partial charge in [0, 0.05) is 25.1 Å². The van der Waals surface area contributed by atoms with Crippen molar-refractivity contribution in [2.24, 2.45) is 0 Å². The molecule has 0 saturated heterocycles. The molecule has 0 fully saturated rings. The van der Waals surface area contributed by atoms with Crippen LogP contribution in [0.5, 0.6) is 17.2 Å². The molecule has 27 heavy (non-hydrogen) atoms. The van der Waals surface area contributed by atoms with Crippen LogP contribution in [0.2, 0.25) is 0 Å². The molecular formula is C20H24N2O5. The van der Waals surface area contributed by atoms with Crippen LogP contribution in [0.4, 0.5) is 0 Å². The lowest BCUT2D eigenvalue weighted by Crippen LogP contribution is -2.30. The van der Waals surface area contributed by atoms with Crippen LogP contribution in [0.15, 0.2) is 42.5 Å². The van der Waals surface area contributed by atoms with Crippen molar-refractivity contribution in [3.63, 3.8) is 0 Å². The maximum atomic E-state index is 12.3. The summed E-state index contributed by atoms with van der Waals surface area (Å²) in [5, 5.41) is 5.53. The lowest BCUT2D eigenvalue weighted by Gasteiger charge is -2.14. The summed E-state index contributed by atoms with van der Waals surface area (Å²) in [5.74, 6) is 0.733. The van der Waals surface area contributed by atoms with Gasteiger partial charge in [-0.25, -0.2) is 0 Å². The highest BCUT2D eigenvalue weighted by Gasteiger charge is 2.17. The molecule has 0 atom stereocenters. The van der Waals surface area contributed by atoms with Crippen molar-refractivity contribution >= 4 is 11.8 Å². The molecule has 2 aromatic carbocycles. The molecule has 0 aliphatic carbocycles. The predicted octanol–water partition coefficient (Wildman–Crippen LogP) is 2.15. The number of methoxy groups -OCH3 is 3. The van der Waals surface area contributed by atoms with Crippen LogP contribution in [0.3, 0.4) is 0 Å². The van der Waals surface area contributed by atoms with Gasteiger partial charge in [-0.15, -0.1) is 0 Å². The largest absolute Gasteiger partial charge is 0.493 e. The van der Waals surface area contributed by atoms with E-state index < -0.39 is 0 Å². The van der Waals surface area contributed by atoms with Crippen LogP contribution in [0.1, 0.15) is 22.3 Å². The number of carbonyl (C=O) groups is 2. The van der Waals surface area contributed by atoms with Gasteiger partial charge < -0.3 is 24.8 Å². The van der Waals surface area contributed by atoms with Gasteiger partial charge in [0.2, 0.25) is 11.7 Å². The van der Waals surface area contributed by atoms with Gasteiger partial charge in [-0.05, 0) is 17.7 Å². The number of benzene rings is 2. The Morgan fingerprint density at radius 3 is 2.07 bits per heavy atom. The standard InChI is InChI=1S/C20H24N2O5/c1-25-16-11-15(12-17(26-2)19(16)27-3)20(24)21-10-9-18(23)22-13-14-7-5-4-6-8-14/h4-8,11-12H,9-10,13H2,1-3H3,(H,21,24)(H,22,23). The zero-order valence-electron chi connectivity index (χ0n) is 15.7. The molecule has 7 nitrogen and oxygen atoms in total. The van der Waals surface area contributed by atoms with Crippen LogP contribution >= 0.6 is 0 Å². The maximum absolute atomic E-state index is 12.3. The molecule has 0 aliphatic heterocycles. The van der Waals surface area contributed by atoms with E-state index in [-0.39, 0.29) is 24.8 Å². The quantitative estimate of drug-likeness (QED) is 0.704. The van der Waals surface area contributed by atoms with Crippen LogP contribution in [-0.2, 0) is 11.3 Å². The minimum absolute atomic E-state index is 0.135. The van der Waals surface area contributed by atoms with Gasteiger partial charge in [-0.3, -0.25) is 9.59 Å². The van der Waals surface area contributed by atoms with E-state index in [0.29, 0.717) is 29.4 Å². The molecular weight excluding hydrogens is 348 g/mol. The third-order valence-electron chi connectivity index (χ3n) is 3.90. The van der Waals surface area contributed by atoms with E-state index in [9.17, 15) is 9.59 Å². The van der Waals surface area contributed by atoms with E-state index in [1.165, 1.54) is 21.3 Å². The summed E-state index contributed by atoms with van der Waals surface area (Å²) < 4.78 is 15.7. The molecule has 0 aliphatic rings. The Labute approximate surface area is 158 Å². The summed E-state index contributed by atoms with van der Waals surface area (Å²) in [6.45, 7) is 0.677. The molecule has 0 aromatic heterocycles. The van der Waals surface area contributed by atoms with Crippen LogP contribution in [0, 0.1) is 0 Å². The van der Waals surface area contributed by atoms with E-state index in [4.69, 9.17) is 14.2 Å². The Balaban J connectivity index is 1.87. The van der Waals surface area contributed by atoms with Crippen molar-refractivity contribution in [2.75, 3.05) is 27.9 Å². The highest BCUT2D eigenvalue weighted by atomic mass is 16.5. The minimum atomic E-state index is -0.329. The molecule has 2 N–H and O–H groups in total. The van der Waals surface area contributed by atoms with E-state index in [0.717, 1.165) is 5.56 Å².